The summed E-state index contributed by atoms with van der Waals surface area (Å²) in [6.07, 6.45) is 7.05. The van der Waals surface area contributed by atoms with Crippen molar-refractivity contribution in [2.45, 2.75) is 44.4 Å². The van der Waals surface area contributed by atoms with Crippen LogP contribution in [0.5, 0.6) is 0 Å². The smallest absolute Gasteiger partial charge is 0.225 e. The molecule has 1 aliphatic rings. The van der Waals surface area contributed by atoms with E-state index in [9.17, 15) is 13.6 Å². The molecule has 4 atom stereocenters. The van der Waals surface area contributed by atoms with Crippen LogP contribution in [0.25, 0.3) is 27.8 Å². The van der Waals surface area contributed by atoms with Gasteiger partial charge in [0.2, 0.25) is 11.9 Å². The summed E-state index contributed by atoms with van der Waals surface area (Å²) in [5, 5.41) is 10.6. The van der Waals surface area contributed by atoms with E-state index in [0.29, 0.717) is 50.3 Å². The highest BCUT2D eigenvalue weighted by atomic mass is 79.9. The summed E-state index contributed by atoms with van der Waals surface area (Å²) < 4.78 is 25.8. The van der Waals surface area contributed by atoms with E-state index in [0.717, 1.165) is 12.8 Å². The van der Waals surface area contributed by atoms with Gasteiger partial charge < -0.3 is 15.2 Å². The fourth-order valence-corrected chi connectivity index (χ4v) is 5.62. The van der Waals surface area contributed by atoms with Gasteiger partial charge in [0.15, 0.2) is 5.65 Å². The van der Waals surface area contributed by atoms with Crippen LogP contribution in [0.15, 0.2) is 35.3 Å². The average Bonchev–Trinajstić information content (AvgIpc) is 3.42. The summed E-state index contributed by atoms with van der Waals surface area (Å²) in [6, 6.07) is 3.60. The summed E-state index contributed by atoms with van der Waals surface area (Å²) >= 11 is 1.14. The van der Waals surface area contributed by atoms with E-state index in [2.05, 4.69) is 46.6 Å². The molecule has 0 aliphatic heterocycles. The van der Waals surface area contributed by atoms with Gasteiger partial charge in [-0.2, -0.15) is 10.1 Å². The largest absolute Gasteiger partial charge is 0.772 e. The van der Waals surface area contributed by atoms with Crippen LogP contribution < -0.4 is 10.6 Å². The molecule has 1 aliphatic carbocycles. The normalized spacial score (nSPS) is 21.5. The van der Waals surface area contributed by atoms with Crippen molar-refractivity contribution >= 4 is 60.9 Å². The predicted octanol–water partition coefficient (Wildman–Crippen LogP) is 3.18. The molecule has 188 valence electrons. The quantitative estimate of drug-likeness (QED) is 0.332. The minimum absolute atomic E-state index is 0.0358. The number of aromatic nitrogens is 6. The minimum atomic E-state index is -2.34. The Morgan fingerprint density at radius 2 is 2.08 bits per heavy atom. The molecule has 13 heteroatoms. The number of amides is 1. The van der Waals surface area contributed by atoms with Crippen molar-refractivity contribution in [2.75, 3.05) is 12.4 Å². The first-order valence-corrected chi connectivity index (χ1v) is 13.4. The lowest BCUT2D eigenvalue weighted by molar-refractivity contribution is -0.129. The molecule has 0 saturated heterocycles. The van der Waals surface area contributed by atoms with Crippen molar-refractivity contribution < 1.29 is 13.6 Å². The number of fused-ring (bicyclic) bond motifs is 2. The Bertz CT molecular complexity index is 1510. The van der Waals surface area contributed by atoms with Crippen LogP contribution in [0.4, 0.5) is 5.95 Å². The number of hydrogen-bond donors (Lipinski definition) is 2. The van der Waals surface area contributed by atoms with Gasteiger partial charge in [0.05, 0.1) is 22.1 Å². The van der Waals surface area contributed by atoms with Crippen molar-refractivity contribution in [3.8, 4) is 5.69 Å². The summed E-state index contributed by atoms with van der Waals surface area (Å²) in [5.41, 5.74) is 2.30. The van der Waals surface area contributed by atoms with Gasteiger partial charge in [-0.05, 0) is 70.9 Å². The number of carbonyl (C=O) groups excluding carboxylic acids is 1. The summed E-state index contributed by atoms with van der Waals surface area (Å²) in [5.74, 6) is 0.464. The highest BCUT2D eigenvalue weighted by molar-refractivity contribution is 9.10. The minimum Gasteiger partial charge on any atom is -0.772 e. The average molecular weight is 572 g/mol. The molecule has 2 unspecified atom stereocenters. The van der Waals surface area contributed by atoms with E-state index in [-0.39, 0.29) is 11.9 Å². The molecule has 5 rings (SSSR count). The fraction of sp³-hybridized carbons (Fsp3) is 0.391. The fourth-order valence-electron chi connectivity index (χ4n) is 4.80. The van der Waals surface area contributed by atoms with E-state index in [4.69, 9.17) is 4.98 Å². The molecule has 1 aromatic carbocycles. The number of benzene rings is 1. The van der Waals surface area contributed by atoms with Crippen LogP contribution in [-0.4, -0.2) is 57.5 Å². The van der Waals surface area contributed by atoms with Gasteiger partial charge in [-0.15, -0.1) is 0 Å². The van der Waals surface area contributed by atoms with E-state index in [1.54, 1.807) is 43.2 Å². The van der Waals surface area contributed by atoms with Crippen molar-refractivity contribution in [1.29, 1.82) is 0 Å². The van der Waals surface area contributed by atoms with Gasteiger partial charge >= 0.3 is 0 Å². The van der Waals surface area contributed by atoms with Crippen molar-refractivity contribution in [2.24, 2.45) is 5.41 Å². The molecular weight excluding hydrogens is 548 g/mol. The second kappa shape index (κ2) is 9.45. The highest BCUT2D eigenvalue weighted by Crippen LogP contribution is 2.39. The maximum Gasteiger partial charge on any atom is 0.225 e. The highest BCUT2D eigenvalue weighted by Gasteiger charge is 2.41. The number of nitrogens with one attached hydrogen (secondary N) is 2. The van der Waals surface area contributed by atoms with E-state index < -0.39 is 21.7 Å². The van der Waals surface area contributed by atoms with Gasteiger partial charge in [-0.3, -0.25) is 19.0 Å². The Morgan fingerprint density at radius 3 is 2.83 bits per heavy atom. The first-order valence-electron chi connectivity index (χ1n) is 11.4. The summed E-state index contributed by atoms with van der Waals surface area (Å²) in [7, 11) is 1.66. The number of anilines is 1. The van der Waals surface area contributed by atoms with Gasteiger partial charge in [0.25, 0.3) is 0 Å². The monoisotopic (exact) mass is 571 g/mol. The zero-order valence-corrected chi connectivity index (χ0v) is 22.3. The molecule has 3 heterocycles. The summed E-state index contributed by atoms with van der Waals surface area (Å²) in [6.45, 7) is 3.58. The number of rotatable bonds is 6. The van der Waals surface area contributed by atoms with Crippen LogP contribution in [0, 0.1) is 5.41 Å². The first kappa shape index (κ1) is 24.7. The molecule has 0 radical (unpaired) electrons. The van der Waals surface area contributed by atoms with Crippen molar-refractivity contribution in [3.05, 3.63) is 40.9 Å². The Kier molecular flexibility index (Phi) is 6.47. The predicted molar refractivity (Wildman–Crippen MR) is 138 cm³/mol. The van der Waals surface area contributed by atoms with Crippen LogP contribution in [0.1, 0.15) is 43.9 Å². The van der Waals surface area contributed by atoms with Gasteiger partial charge in [0.1, 0.15) is 4.60 Å². The third-order valence-electron chi connectivity index (χ3n) is 6.79. The third kappa shape index (κ3) is 4.35. The lowest BCUT2D eigenvalue weighted by Gasteiger charge is -2.22. The maximum absolute atomic E-state index is 12.3. The number of nitrogens with zero attached hydrogens (tertiary/aromatic N) is 6. The van der Waals surface area contributed by atoms with E-state index in [1.165, 1.54) is 6.20 Å². The molecule has 2 N–H and O–H groups in total. The standard InChI is InChI=1S/C23H25BrN8O3S/c1-12(36(34)35)15-8-14(9-17-18(15)27-7-6-26-17)32-20-16(19(24)31-32)11-28-22(30-20)29-13-4-5-23(2,10-13)21(33)25-3/h6-9,11-13H,4-5,10H2,1-3H3,(H,25,33)(H,34,35)(H,28,29,30)/p-1/t12?,13-,23-/m1/s1. The Hall–Kier alpha value is -3.03. The SMILES string of the molecule is CNC(=O)[C@]1(C)CC[C@@H](Nc2ncc3c(Br)nn(-c4cc(C(C)S(=O)[O-])c5nccnc5c4)c3n2)C1. The van der Waals surface area contributed by atoms with Crippen LogP contribution >= 0.6 is 15.9 Å². The zero-order valence-electron chi connectivity index (χ0n) is 19.9. The molecule has 1 amide bonds. The molecule has 0 bridgehead atoms. The van der Waals surface area contributed by atoms with Gasteiger partial charge in [-0.25, -0.2) is 9.67 Å². The topological polar surface area (TPSA) is 151 Å². The van der Waals surface area contributed by atoms with Crippen molar-refractivity contribution in [1.82, 2.24) is 35.0 Å². The number of hydrogen-bond acceptors (Lipinski definition) is 9. The Labute approximate surface area is 217 Å². The molecular formula is C23H24BrN8O3S-. The molecule has 4 aromatic rings. The van der Waals surface area contributed by atoms with Crippen LogP contribution in [0.2, 0.25) is 0 Å². The molecule has 11 nitrogen and oxygen atoms in total. The Balaban J connectivity index is 1.55. The van der Waals surface area contributed by atoms with E-state index in [1.807, 2.05) is 6.92 Å². The van der Waals surface area contributed by atoms with E-state index >= 15 is 0 Å². The van der Waals surface area contributed by atoms with Gasteiger partial charge in [-0.1, -0.05) is 6.92 Å². The van der Waals surface area contributed by atoms with Crippen molar-refractivity contribution in [3.63, 3.8) is 0 Å². The molecule has 1 saturated carbocycles. The van der Waals surface area contributed by atoms with Crippen LogP contribution in [-0.2, 0) is 15.9 Å². The zero-order chi connectivity index (χ0) is 25.6. The molecule has 36 heavy (non-hydrogen) atoms. The second-order valence-electron chi connectivity index (χ2n) is 9.22. The second-order valence-corrected chi connectivity index (χ2v) is 11.2. The molecule has 3 aromatic heterocycles. The lowest BCUT2D eigenvalue weighted by atomic mass is 9.87. The first-order chi connectivity index (χ1) is 17.2. The molecule has 0 spiro atoms. The van der Waals surface area contributed by atoms with Crippen LogP contribution in [0.3, 0.4) is 0 Å². The maximum atomic E-state index is 12.3. The lowest BCUT2D eigenvalue weighted by Crippen LogP contribution is -2.35. The van der Waals surface area contributed by atoms with Gasteiger partial charge in [0, 0.05) is 42.3 Å². The third-order valence-corrected chi connectivity index (χ3v) is 8.21. The number of carbonyl (C=O) groups is 1. The molecule has 1 fully saturated rings. The Morgan fingerprint density at radius 1 is 1.31 bits per heavy atom. The number of halogens is 1. The summed E-state index contributed by atoms with van der Waals surface area (Å²) in [4.78, 5) is 30.2.